The molecule has 0 bridgehead atoms. The number of carboxylic acids is 1. The number of hydrogen-bond donors (Lipinski definition) is 4. The summed E-state index contributed by atoms with van der Waals surface area (Å²) in [7, 11) is -4.87. The Hall–Kier alpha value is -2.98. The first-order chi connectivity index (χ1) is 13.0. The number of aromatic nitrogens is 1. The number of aryl methyl sites for hydroxylation is 2. The van der Waals surface area contributed by atoms with Crippen LogP contribution >= 0.6 is 7.82 Å². The van der Waals surface area contributed by atoms with Gasteiger partial charge in [-0.2, -0.15) is 0 Å². The Balaban J connectivity index is 2.55. The minimum atomic E-state index is -4.87. The Bertz CT molecular complexity index is 1020. The minimum absolute atomic E-state index is 0.0203. The summed E-state index contributed by atoms with van der Waals surface area (Å²) in [6.07, 6.45) is 0.275. The minimum Gasteiger partial charge on any atom is -0.505 e. The maximum Gasteiger partial charge on any atom is 0.469 e. The van der Waals surface area contributed by atoms with Crippen molar-refractivity contribution in [2.24, 2.45) is 10.2 Å². The molecule has 28 heavy (non-hydrogen) atoms. The van der Waals surface area contributed by atoms with Crippen LogP contribution in [0.2, 0.25) is 0 Å². The molecule has 11 nitrogen and oxygen atoms in total. The Morgan fingerprint density at radius 1 is 1.29 bits per heavy atom. The third kappa shape index (κ3) is 5.05. The van der Waals surface area contributed by atoms with Crippen molar-refractivity contribution < 1.29 is 38.7 Å². The molecule has 1 heterocycles. The normalized spacial score (nSPS) is 11.7. The van der Waals surface area contributed by atoms with Gasteiger partial charge in [0.15, 0.2) is 12.1 Å². The van der Waals surface area contributed by atoms with Crippen molar-refractivity contribution in [1.82, 2.24) is 4.98 Å². The maximum atomic E-state index is 11.4. The lowest BCUT2D eigenvalue weighted by molar-refractivity contribution is 0.0696. The summed E-state index contributed by atoms with van der Waals surface area (Å²) < 4.78 is 15.4. The summed E-state index contributed by atoms with van der Waals surface area (Å²) >= 11 is 0. The van der Waals surface area contributed by atoms with Crippen molar-refractivity contribution >= 4 is 31.6 Å². The number of azo groups is 1. The van der Waals surface area contributed by atoms with Crippen LogP contribution in [-0.4, -0.2) is 37.2 Å². The Labute approximate surface area is 158 Å². The number of phosphoric acid groups is 1. The summed E-state index contributed by atoms with van der Waals surface area (Å²) in [5, 5.41) is 26.8. The summed E-state index contributed by atoms with van der Waals surface area (Å²) in [6.45, 7) is 2.30. The first-order valence-corrected chi connectivity index (χ1v) is 9.20. The number of carboxylic acid groups (broad SMARTS) is 1. The fraction of sp³-hybridized carbons (Fsp3) is 0.188. The van der Waals surface area contributed by atoms with E-state index in [1.807, 2.05) is 0 Å². The molecule has 0 fully saturated rings. The van der Waals surface area contributed by atoms with Crippen LogP contribution in [-0.2, 0) is 15.7 Å². The van der Waals surface area contributed by atoms with Crippen LogP contribution < -0.4 is 0 Å². The molecule has 2 aromatic rings. The van der Waals surface area contributed by atoms with Crippen molar-refractivity contribution in [1.29, 1.82) is 0 Å². The van der Waals surface area contributed by atoms with Crippen LogP contribution in [0.3, 0.4) is 0 Å². The van der Waals surface area contributed by atoms with E-state index >= 15 is 0 Å². The third-order valence-corrected chi connectivity index (χ3v) is 4.14. The number of aldehydes is 1. The first-order valence-electron chi connectivity index (χ1n) is 7.67. The zero-order valence-corrected chi connectivity index (χ0v) is 15.6. The second kappa shape index (κ2) is 8.36. The van der Waals surface area contributed by atoms with Gasteiger partial charge in [0, 0.05) is 5.56 Å². The number of aromatic carboxylic acids is 1. The van der Waals surface area contributed by atoms with Gasteiger partial charge in [0.05, 0.1) is 29.1 Å². The highest BCUT2D eigenvalue weighted by Gasteiger charge is 2.22. The zero-order valence-electron chi connectivity index (χ0n) is 14.7. The van der Waals surface area contributed by atoms with Gasteiger partial charge in [-0.25, -0.2) is 14.3 Å². The standard InChI is InChI=1S/C16H16N3O8P/c1-8-3-4-10(16(22)23)5-13(8)18-19-15-12(7-27-28(24,25)26)11(6-20)14(21)9(2)17-15/h3-6,21H,7H2,1-2H3,(H,22,23)(H2,24,25,26). The Kier molecular flexibility index (Phi) is 6.37. The second-order valence-corrected chi connectivity index (χ2v) is 6.89. The molecule has 0 spiro atoms. The number of hydrogen-bond acceptors (Lipinski definition) is 8. The van der Waals surface area contributed by atoms with Crippen molar-refractivity contribution in [3.05, 3.63) is 46.1 Å². The average Bonchev–Trinajstić information content (AvgIpc) is 2.61. The third-order valence-electron chi connectivity index (χ3n) is 3.67. The summed E-state index contributed by atoms with van der Waals surface area (Å²) in [6, 6.07) is 4.20. The molecule has 4 N–H and O–H groups in total. The molecular weight excluding hydrogens is 393 g/mol. The second-order valence-electron chi connectivity index (χ2n) is 5.65. The fourth-order valence-electron chi connectivity index (χ4n) is 2.19. The van der Waals surface area contributed by atoms with Gasteiger partial charge < -0.3 is 20.0 Å². The smallest absolute Gasteiger partial charge is 0.469 e. The van der Waals surface area contributed by atoms with Crippen LogP contribution in [0, 0.1) is 13.8 Å². The highest BCUT2D eigenvalue weighted by Crippen LogP contribution is 2.40. The molecule has 1 aromatic carbocycles. The molecule has 12 heteroatoms. The van der Waals surface area contributed by atoms with Gasteiger partial charge in [0.1, 0.15) is 5.75 Å². The van der Waals surface area contributed by atoms with Gasteiger partial charge in [-0.05, 0) is 31.5 Å². The number of pyridine rings is 1. The number of benzene rings is 1. The molecule has 0 aliphatic carbocycles. The molecule has 0 saturated heterocycles. The number of phosphoric ester groups is 1. The van der Waals surface area contributed by atoms with E-state index in [2.05, 4.69) is 19.7 Å². The number of nitrogens with zero attached hydrogens (tertiary/aromatic N) is 3. The first kappa shape index (κ1) is 21.3. The molecule has 2 rings (SSSR count). The summed E-state index contributed by atoms with van der Waals surface area (Å²) in [4.78, 5) is 44.2. The molecule has 0 radical (unpaired) electrons. The van der Waals surface area contributed by atoms with Gasteiger partial charge in [-0.1, -0.05) is 6.07 Å². The highest BCUT2D eigenvalue weighted by molar-refractivity contribution is 7.46. The van der Waals surface area contributed by atoms with E-state index in [-0.39, 0.29) is 40.2 Å². The van der Waals surface area contributed by atoms with E-state index in [1.54, 1.807) is 6.92 Å². The lowest BCUT2D eigenvalue weighted by atomic mass is 10.1. The zero-order chi connectivity index (χ0) is 21.1. The number of carbonyl (C=O) groups is 2. The lowest BCUT2D eigenvalue weighted by Crippen LogP contribution is -2.01. The summed E-state index contributed by atoms with van der Waals surface area (Å²) in [5.41, 5.74) is 0.345. The van der Waals surface area contributed by atoms with Crippen LogP contribution in [0.25, 0.3) is 0 Å². The predicted molar refractivity (Wildman–Crippen MR) is 95.2 cm³/mol. The summed E-state index contributed by atoms with van der Waals surface area (Å²) in [5.74, 6) is -1.86. The van der Waals surface area contributed by atoms with Crippen LogP contribution in [0.5, 0.6) is 5.75 Å². The molecule has 0 saturated carbocycles. The Morgan fingerprint density at radius 3 is 2.54 bits per heavy atom. The maximum absolute atomic E-state index is 11.4. The fourth-order valence-corrected chi connectivity index (χ4v) is 2.49. The number of aromatic hydroxyl groups is 1. The molecule has 0 aliphatic rings. The van der Waals surface area contributed by atoms with Crippen molar-refractivity contribution in [3.63, 3.8) is 0 Å². The van der Waals surface area contributed by atoms with E-state index in [4.69, 9.17) is 14.9 Å². The van der Waals surface area contributed by atoms with E-state index in [0.29, 0.717) is 5.56 Å². The topological polar surface area (TPSA) is 179 Å². The lowest BCUT2D eigenvalue weighted by Gasteiger charge is -2.12. The van der Waals surface area contributed by atoms with E-state index < -0.39 is 26.1 Å². The van der Waals surface area contributed by atoms with Gasteiger partial charge in [0.25, 0.3) is 0 Å². The molecule has 1 aromatic heterocycles. The monoisotopic (exact) mass is 409 g/mol. The largest absolute Gasteiger partial charge is 0.505 e. The van der Waals surface area contributed by atoms with Gasteiger partial charge in [0.2, 0.25) is 0 Å². The molecular formula is C16H16N3O8P. The molecule has 0 atom stereocenters. The number of carbonyl (C=O) groups excluding carboxylic acids is 1. The van der Waals surface area contributed by atoms with Gasteiger partial charge in [-0.3, -0.25) is 9.32 Å². The molecule has 0 aliphatic heterocycles. The van der Waals surface area contributed by atoms with Crippen molar-refractivity contribution in [2.45, 2.75) is 20.5 Å². The van der Waals surface area contributed by atoms with E-state index in [1.165, 1.54) is 25.1 Å². The van der Waals surface area contributed by atoms with Gasteiger partial charge in [-0.15, -0.1) is 10.2 Å². The van der Waals surface area contributed by atoms with Crippen LogP contribution in [0.4, 0.5) is 11.5 Å². The van der Waals surface area contributed by atoms with Crippen LogP contribution in [0.15, 0.2) is 28.4 Å². The molecule has 148 valence electrons. The highest BCUT2D eigenvalue weighted by atomic mass is 31.2. The van der Waals surface area contributed by atoms with E-state index in [0.717, 1.165) is 0 Å². The molecule has 0 amide bonds. The van der Waals surface area contributed by atoms with E-state index in [9.17, 15) is 19.3 Å². The van der Waals surface area contributed by atoms with Crippen molar-refractivity contribution in [2.75, 3.05) is 0 Å². The number of rotatable bonds is 7. The average molecular weight is 409 g/mol. The molecule has 0 unspecified atom stereocenters. The Morgan fingerprint density at radius 2 is 1.96 bits per heavy atom. The van der Waals surface area contributed by atoms with Gasteiger partial charge >= 0.3 is 13.8 Å². The quantitative estimate of drug-likeness (QED) is 0.304. The van der Waals surface area contributed by atoms with Crippen LogP contribution in [0.1, 0.15) is 37.5 Å². The van der Waals surface area contributed by atoms with Crippen molar-refractivity contribution in [3.8, 4) is 5.75 Å². The SMILES string of the molecule is Cc1ccc(C(=O)O)cc1N=Nc1nc(C)c(O)c(C=O)c1COP(=O)(O)O. The predicted octanol–water partition coefficient (Wildman–Crippen LogP) is 2.94.